The maximum Gasteiger partial charge on any atom is 0.216 e. The molecule has 0 unspecified atom stereocenters. The minimum atomic E-state index is -3.50. The topological polar surface area (TPSA) is 84.0 Å². The van der Waals surface area contributed by atoms with Crippen molar-refractivity contribution in [2.24, 2.45) is 0 Å². The number of rotatable bonds is 10. The third-order valence-electron chi connectivity index (χ3n) is 5.08. The van der Waals surface area contributed by atoms with Crippen molar-refractivity contribution in [1.29, 1.82) is 0 Å². The van der Waals surface area contributed by atoms with Gasteiger partial charge in [0, 0.05) is 11.9 Å². The molecule has 0 radical (unpaired) electrons. The van der Waals surface area contributed by atoms with E-state index in [4.69, 9.17) is 0 Å². The van der Waals surface area contributed by atoms with E-state index in [1.165, 1.54) is 5.56 Å². The van der Waals surface area contributed by atoms with Gasteiger partial charge in [0.25, 0.3) is 0 Å². The highest BCUT2D eigenvalue weighted by Gasteiger charge is 2.14. The Kier molecular flexibility index (Phi) is 7.09. The molecule has 7 heteroatoms. The van der Waals surface area contributed by atoms with E-state index in [0.29, 0.717) is 5.82 Å². The summed E-state index contributed by atoms with van der Waals surface area (Å²) in [5.41, 5.74) is 2.82. The van der Waals surface area contributed by atoms with E-state index in [-0.39, 0.29) is 12.3 Å². The molecule has 4 rings (SSSR count). The van der Waals surface area contributed by atoms with Crippen LogP contribution in [0.1, 0.15) is 23.4 Å². The van der Waals surface area contributed by atoms with E-state index in [2.05, 4.69) is 32.1 Å². The molecule has 0 bridgehead atoms. The monoisotopic (exact) mass is 446 g/mol. The fraction of sp³-hybridized carbons (Fsp3) is 0.200. The Hall–Kier alpha value is -3.29. The van der Waals surface area contributed by atoms with E-state index in [0.717, 1.165) is 41.7 Å². The normalized spacial score (nSPS) is 11.5. The predicted molar refractivity (Wildman–Crippen MR) is 129 cm³/mol. The number of sulfonamides is 1. The smallest absolute Gasteiger partial charge is 0.216 e. The first-order valence-electron chi connectivity index (χ1n) is 10.6. The SMILES string of the molecule is O=S(=O)(Cc1ccccc1)NCc1nc(NCCCc2ccccc2)c2ccccc2n1. The number of para-hydroxylation sites is 1. The largest absolute Gasteiger partial charge is 0.369 e. The fourth-order valence-electron chi connectivity index (χ4n) is 3.50. The lowest BCUT2D eigenvalue weighted by atomic mass is 10.1. The molecule has 32 heavy (non-hydrogen) atoms. The van der Waals surface area contributed by atoms with Crippen molar-refractivity contribution in [3.8, 4) is 0 Å². The molecule has 0 fully saturated rings. The van der Waals surface area contributed by atoms with E-state index >= 15 is 0 Å². The van der Waals surface area contributed by atoms with E-state index in [1.807, 2.05) is 60.7 Å². The van der Waals surface area contributed by atoms with Gasteiger partial charge < -0.3 is 5.32 Å². The third kappa shape index (κ3) is 6.12. The van der Waals surface area contributed by atoms with Crippen LogP contribution in [0.3, 0.4) is 0 Å². The standard InChI is InChI=1S/C25H26N4O2S/c30-32(31,19-21-12-5-2-6-13-21)27-18-24-28-23-16-8-7-15-22(23)25(29-24)26-17-9-14-20-10-3-1-4-11-20/h1-8,10-13,15-16,27H,9,14,17-19H2,(H,26,28,29). The Bertz CT molecular complexity index is 1260. The third-order valence-corrected chi connectivity index (χ3v) is 6.37. The zero-order chi connectivity index (χ0) is 22.2. The van der Waals surface area contributed by atoms with Gasteiger partial charge in [-0.25, -0.2) is 23.1 Å². The van der Waals surface area contributed by atoms with Crippen LogP contribution < -0.4 is 10.0 Å². The van der Waals surface area contributed by atoms with Gasteiger partial charge in [-0.15, -0.1) is 0 Å². The van der Waals surface area contributed by atoms with Gasteiger partial charge in [0.15, 0.2) is 0 Å². The molecule has 1 aromatic heterocycles. The maximum atomic E-state index is 12.5. The zero-order valence-electron chi connectivity index (χ0n) is 17.7. The molecule has 3 aromatic carbocycles. The van der Waals surface area contributed by atoms with Crippen LogP contribution in [0.4, 0.5) is 5.82 Å². The van der Waals surface area contributed by atoms with Crippen molar-refractivity contribution in [2.75, 3.05) is 11.9 Å². The van der Waals surface area contributed by atoms with Crippen molar-refractivity contribution in [3.63, 3.8) is 0 Å². The van der Waals surface area contributed by atoms with Gasteiger partial charge in [-0.05, 0) is 36.1 Å². The maximum absolute atomic E-state index is 12.5. The summed E-state index contributed by atoms with van der Waals surface area (Å²) in [6, 6.07) is 27.2. The van der Waals surface area contributed by atoms with Gasteiger partial charge in [0.2, 0.25) is 10.0 Å². The summed E-state index contributed by atoms with van der Waals surface area (Å²) in [7, 11) is -3.50. The minimum absolute atomic E-state index is 0.0404. The Labute approximate surface area is 188 Å². The molecule has 1 heterocycles. The second kappa shape index (κ2) is 10.3. The second-order valence-corrected chi connectivity index (χ2v) is 9.39. The number of benzene rings is 3. The molecule has 164 valence electrons. The summed E-state index contributed by atoms with van der Waals surface area (Å²) in [5.74, 6) is 1.08. The summed E-state index contributed by atoms with van der Waals surface area (Å²) in [5, 5.41) is 4.33. The molecule has 6 nitrogen and oxygen atoms in total. The summed E-state index contributed by atoms with van der Waals surface area (Å²) in [4.78, 5) is 9.15. The lowest BCUT2D eigenvalue weighted by molar-refractivity contribution is 0.578. The Balaban J connectivity index is 1.43. The van der Waals surface area contributed by atoms with Gasteiger partial charge in [-0.1, -0.05) is 72.8 Å². The van der Waals surface area contributed by atoms with Gasteiger partial charge in [0.05, 0.1) is 17.8 Å². The van der Waals surface area contributed by atoms with Crippen LogP contribution in [0.15, 0.2) is 84.9 Å². The molecule has 0 aliphatic rings. The average molecular weight is 447 g/mol. The molecule has 0 atom stereocenters. The second-order valence-electron chi connectivity index (χ2n) is 7.59. The number of aromatic nitrogens is 2. The van der Waals surface area contributed by atoms with Crippen LogP contribution in [0.5, 0.6) is 0 Å². The van der Waals surface area contributed by atoms with Crippen LogP contribution in [-0.2, 0) is 28.7 Å². The highest BCUT2D eigenvalue weighted by molar-refractivity contribution is 7.88. The summed E-state index contributed by atoms with van der Waals surface area (Å²) in [6.45, 7) is 0.799. The number of aryl methyl sites for hydroxylation is 1. The van der Waals surface area contributed by atoms with Crippen LogP contribution in [0.25, 0.3) is 10.9 Å². The van der Waals surface area contributed by atoms with Crippen LogP contribution in [-0.4, -0.2) is 24.9 Å². The molecule has 0 spiro atoms. The Morgan fingerprint density at radius 1 is 0.750 bits per heavy atom. The molecule has 0 aliphatic heterocycles. The van der Waals surface area contributed by atoms with Crippen molar-refractivity contribution in [1.82, 2.24) is 14.7 Å². The molecule has 0 amide bonds. The summed E-state index contributed by atoms with van der Waals surface area (Å²) in [6.07, 6.45) is 1.93. The number of fused-ring (bicyclic) bond motifs is 1. The molecule has 0 aliphatic carbocycles. The molecular formula is C25H26N4O2S. The van der Waals surface area contributed by atoms with Crippen LogP contribution in [0, 0.1) is 0 Å². The highest BCUT2D eigenvalue weighted by Crippen LogP contribution is 2.20. The van der Waals surface area contributed by atoms with Crippen LogP contribution >= 0.6 is 0 Å². The zero-order valence-corrected chi connectivity index (χ0v) is 18.6. The number of hydrogen-bond acceptors (Lipinski definition) is 5. The number of nitrogens with zero attached hydrogens (tertiary/aromatic N) is 2. The lowest BCUT2D eigenvalue weighted by Gasteiger charge is -2.12. The van der Waals surface area contributed by atoms with Gasteiger partial charge in [0.1, 0.15) is 11.6 Å². The molecule has 4 aromatic rings. The van der Waals surface area contributed by atoms with Crippen molar-refractivity contribution < 1.29 is 8.42 Å². The lowest BCUT2D eigenvalue weighted by Crippen LogP contribution is -2.26. The summed E-state index contributed by atoms with van der Waals surface area (Å²) >= 11 is 0. The number of anilines is 1. The molecule has 2 N–H and O–H groups in total. The van der Waals surface area contributed by atoms with Crippen molar-refractivity contribution >= 4 is 26.7 Å². The molecular weight excluding hydrogens is 420 g/mol. The molecule has 0 saturated heterocycles. The van der Waals surface area contributed by atoms with E-state index in [9.17, 15) is 8.42 Å². The first kappa shape index (κ1) is 21.9. The highest BCUT2D eigenvalue weighted by atomic mass is 32.2. The first-order chi connectivity index (χ1) is 15.6. The van der Waals surface area contributed by atoms with E-state index in [1.54, 1.807) is 12.1 Å². The fourth-order valence-corrected chi connectivity index (χ4v) is 4.58. The van der Waals surface area contributed by atoms with Gasteiger partial charge >= 0.3 is 0 Å². The quantitative estimate of drug-likeness (QED) is 0.355. The molecule has 0 saturated carbocycles. The minimum Gasteiger partial charge on any atom is -0.369 e. The van der Waals surface area contributed by atoms with Crippen molar-refractivity contribution in [3.05, 3.63) is 102 Å². The van der Waals surface area contributed by atoms with E-state index < -0.39 is 10.0 Å². The summed E-state index contributed by atoms with van der Waals surface area (Å²) < 4.78 is 27.6. The van der Waals surface area contributed by atoms with Crippen molar-refractivity contribution in [2.45, 2.75) is 25.1 Å². The predicted octanol–water partition coefficient (Wildman–Crippen LogP) is 4.29. The Morgan fingerprint density at radius 2 is 1.41 bits per heavy atom. The Morgan fingerprint density at radius 3 is 2.16 bits per heavy atom. The number of nitrogens with one attached hydrogen (secondary N) is 2. The average Bonchev–Trinajstić information content (AvgIpc) is 2.81. The van der Waals surface area contributed by atoms with Crippen LogP contribution in [0.2, 0.25) is 0 Å². The van der Waals surface area contributed by atoms with Gasteiger partial charge in [-0.2, -0.15) is 0 Å². The number of hydrogen-bond donors (Lipinski definition) is 2. The van der Waals surface area contributed by atoms with Gasteiger partial charge in [-0.3, -0.25) is 0 Å². The first-order valence-corrected chi connectivity index (χ1v) is 12.3.